The molecular weight excluding hydrogens is 366 g/mol. The van der Waals surface area contributed by atoms with Crippen LogP contribution in [0.25, 0.3) is 0 Å². The monoisotopic (exact) mass is 395 g/mol. The molecule has 1 amide bonds. The van der Waals surface area contributed by atoms with Gasteiger partial charge in [-0.1, -0.05) is 6.92 Å². The molecule has 0 bridgehead atoms. The van der Waals surface area contributed by atoms with Crippen molar-refractivity contribution < 1.29 is 49.3 Å². The largest absolute Gasteiger partial charge is 0.394 e. The number of ether oxygens (including phenoxy) is 4. The highest BCUT2D eigenvalue weighted by Crippen LogP contribution is 2.31. The zero-order valence-corrected chi connectivity index (χ0v) is 15.5. The van der Waals surface area contributed by atoms with Crippen LogP contribution in [0.4, 0.5) is 0 Å². The Bertz CT molecular complexity index is 492. The first kappa shape index (κ1) is 22.4. The van der Waals surface area contributed by atoms with Crippen LogP contribution in [0, 0.1) is 5.92 Å². The lowest BCUT2D eigenvalue weighted by atomic mass is 9.90. The smallest absolute Gasteiger partial charge is 0.217 e. The van der Waals surface area contributed by atoms with E-state index >= 15 is 0 Å². The van der Waals surface area contributed by atoms with E-state index in [4.69, 9.17) is 18.9 Å². The number of aliphatic hydroxyl groups is 5. The minimum absolute atomic E-state index is 0.407. The molecule has 11 heteroatoms. The summed E-state index contributed by atoms with van der Waals surface area (Å²) in [5.74, 6) is -0.992. The highest BCUT2D eigenvalue weighted by atomic mass is 16.7. The fourth-order valence-electron chi connectivity index (χ4n) is 3.36. The van der Waals surface area contributed by atoms with Gasteiger partial charge in [-0.2, -0.15) is 0 Å². The molecule has 0 aromatic heterocycles. The maximum absolute atomic E-state index is 11.6. The van der Waals surface area contributed by atoms with Gasteiger partial charge in [0.1, 0.15) is 30.5 Å². The van der Waals surface area contributed by atoms with E-state index in [1.807, 2.05) is 0 Å². The first-order valence-electron chi connectivity index (χ1n) is 8.77. The lowest BCUT2D eigenvalue weighted by Crippen LogP contribution is -2.67. The standard InChI is InChI=1S/C16H29NO10/c1-6-8(4-18)25-16(13(23)11(6)21)27-14-10(17-7(2)20)15(24-3)26-9(5-19)12(14)22/h6,8-16,18-19,21-23H,4-5H2,1-3H3,(H,17,20)/t6-,8-,9-,10-,11+,12-,13-,14-,15-,16+/m1/s1. The summed E-state index contributed by atoms with van der Waals surface area (Å²) in [5, 5.41) is 52.4. The van der Waals surface area contributed by atoms with Gasteiger partial charge in [-0.3, -0.25) is 4.79 Å². The predicted octanol–water partition coefficient (Wildman–Crippen LogP) is -3.32. The van der Waals surface area contributed by atoms with Gasteiger partial charge in [-0.15, -0.1) is 0 Å². The molecule has 2 saturated heterocycles. The maximum Gasteiger partial charge on any atom is 0.217 e. The Hall–Kier alpha value is -0.890. The summed E-state index contributed by atoms with van der Waals surface area (Å²) in [4.78, 5) is 11.6. The zero-order chi connectivity index (χ0) is 20.3. The fourth-order valence-corrected chi connectivity index (χ4v) is 3.36. The Balaban J connectivity index is 2.25. The summed E-state index contributed by atoms with van der Waals surface area (Å²) in [6, 6.07) is -0.981. The molecule has 11 nitrogen and oxygen atoms in total. The number of carbonyl (C=O) groups excluding carboxylic acids is 1. The van der Waals surface area contributed by atoms with Gasteiger partial charge in [-0.25, -0.2) is 0 Å². The van der Waals surface area contributed by atoms with E-state index in [0.717, 1.165) is 0 Å². The Morgan fingerprint density at radius 1 is 1.00 bits per heavy atom. The van der Waals surface area contributed by atoms with Crippen LogP contribution in [-0.4, -0.2) is 107 Å². The number of methoxy groups -OCH3 is 1. The number of aliphatic hydroxyl groups excluding tert-OH is 5. The molecule has 0 radical (unpaired) electrons. The van der Waals surface area contributed by atoms with Gasteiger partial charge < -0.3 is 49.8 Å². The third kappa shape index (κ3) is 4.75. The SMILES string of the molecule is CO[C@@H]1O[C@H](CO)[C@@H](O)[C@H](O[C@@H]2O[C@H](CO)[C@@H](C)[C@H](O)[C@H]2O)[C@H]1NC(C)=O. The van der Waals surface area contributed by atoms with E-state index in [9.17, 15) is 30.3 Å². The predicted molar refractivity (Wildman–Crippen MR) is 88.2 cm³/mol. The molecule has 158 valence electrons. The average molecular weight is 395 g/mol. The van der Waals surface area contributed by atoms with Crippen molar-refractivity contribution in [2.24, 2.45) is 5.92 Å². The Morgan fingerprint density at radius 2 is 1.59 bits per heavy atom. The third-order valence-corrected chi connectivity index (χ3v) is 4.99. The lowest BCUT2D eigenvalue weighted by Gasteiger charge is -2.47. The third-order valence-electron chi connectivity index (χ3n) is 4.99. The number of hydrogen-bond acceptors (Lipinski definition) is 10. The summed E-state index contributed by atoms with van der Waals surface area (Å²) in [6.07, 6.45) is -9.56. The van der Waals surface area contributed by atoms with Crippen LogP contribution in [0.2, 0.25) is 0 Å². The quantitative estimate of drug-likeness (QED) is 0.268. The molecule has 0 aromatic carbocycles. The molecule has 6 N–H and O–H groups in total. The number of nitrogens with one attached hydrogen (secondary N) is 1. The van der Waals surface area contributed by atoms with Crippen molar-refractivity contribution >= 4 is 5.91 Å². The Labute approximate surface area is 156 Å². The highest BCUT2D eigenvalue weighted by molar-refractivity contribution is 5.73. The van der Waals surface area contributed by atoms with Crippen molar-refractivity contribution in [3.8, 4) is 0 Å². The molecule has 2 rings (SSSR count). The van der Waals surface area contributed by atoms with Crippen molar-refractivity contribution in [1.29, 1.82) is 0 Å². The molecule has 27 heavy (non-hydrogen) atoms. The van der Waals surface area contributed by atoms with Gasteiger partial charge in [0.15, 0.2) is 12.6 Å². The van der Waals surface area contributed by atoms with Crippen molar-refractivity contribution in [2.75, 3.05) is 20.3 Å². The van der Waals surface area contributed by atoms with Gasteiger partial charge in [0, 0.05) is 20.0 Å². The van der Waals surface area contributed by atoms with E-state index < -0.39 is 80.3 Å². The number of hydrogen-bond donors (Lipinski definition) is 6. The van der Waals surface area contributed by atoms with E-state index in [2.05, 4.69) is 5.32 Å². The van der Waals surface area contributed by atoms with Crippen LogP contribution < -0.4 is 5.32 Å². The first-order chi connectivity index (χ1) is 12.7. The highest BCUT2D eigenvalue weighted by Gasteiger charge is 2.50. The average Bonchev–Trinajstić information content (AvgIpc) is 2.64. The van der Waals surface area contributed by atoms with Gasteiger partial charge >= 0.3 is 0 Å². The van der Waals surface area contributed by atoms with Crippen LogP contribution in [0.1, 0.15) is 13.8 Å². The molecular formula is C16H29NO10. The van der Waals surface area contributed by atoms with E-state index in [1.165, 1.54) is 14.0 Å². The first-order valence-corrected chi connectivity index (χ1v) is 8.77. The molecule has 2 aliphatic rings. The topological polar surface area (TPSA) is 167 Å². The van der Waals surface area contributed by atoms with E-state index in [-0.39, 0.29) is 0 Å². The number of rotatable bonds is 6. The normalized spacial score (nSPS) is 45.5. The lowest BCUT2D eigenvalue weighted by molar-refractivity contribution is -0.337. The molecule has 0 spiro atoms. The minimum atomic E-state index is -1.45. The summed E-state index contributed by atoms with van der Waals surface area (Å²) in [6.45, 7) is 1.92. The van der Waals surface area contributed by atoms with Gasteiger partial charge in [0.25, 0.3) is 0 Å². The summed E-state index contributed by atoms with van der Waals surface area (Å²) < 4.78 is 21.8. The van der Waals surface area contributed by atoms with Gasteiger partial charge in [0.2, 0.25) is 5.91 Å². The van der Waals surface area contributed by atoms with Crippen LogP contribution in [0.5, 0.6) is 0 Å². The molecule has 0 saturated carbocycles. The molecule has 2 fully saturated rings. The Kier molecular flexibility index (Phi) is 7.92. The Morgan fingerprint density at radius 3 is 2.11 bits per heavy atom. The number of amides is 1. The van der Waals surface area contributed by atoms with Crippen LogP contribution >= 0.6 is 0 Å². The maximum atomic E-state index is 11.6. The zero-order valence-electron chi connectivity index (χ0n) is 15.5. The summed E-state index contributed by atoms with van der Waals surface area (Å²) in [7, 11) is 1.32. The molecule has 0 aromatic rings. The van der Waals surface area contributed by atoms with E-state index in [0.29, 0.717) is 0 Å². The van der Waals surface area contributed by atoms with Crippen molar-refractivity contribution in [2.45, 2.75) is 69.1 Å². The minimum Gasteiger partial charge on any atom is -0.394 e. The molecule has 0 aliphatic carbocycles. The fraction of sp³-hybridized carbons (Fsp3) is 0.938. The second-order valence-electron chi connectivity index (χ2n) is 6.84. The van der Waals surface area contributed by atoms with Gasteiger partial charge in [-0.05, 0) is 0 Å². The number of carbonyl (C=O) groups is 1. The molecule has 0 unspecified atom stereocenters. The summed E-state index contributed by atoms with van der Waals surface area (Å²) in [5.41, 5.74) is 0. The van der Waals surface area contributed by atoms with Crippen LogP contribution in [0.15, 0.2) is 0 Å². The summed E-state index contributed by atoms with van der Waals surface area (Å²) >= 11 is 0. The molecule has 10 atom stereocenters. The van der Waals surface area contributed by atoms with Crippen LogP contribution in [0.3, 0.4) is 0 Å². The molecule has 2 aliphatic heterocycles. The van der Waals surface area contributed by atoms with Crippen molar-refractivity contribution in [3.05, 3.63) is 0 Å². The van der Waals surface area contributed by atoms with Crippen LogP contribution in [-0.2, 0) is 23.7 Å². The van der Waals surface area contributed by atoms with Gasteiger partial charge in [0.05, 0.1) is 25.4 Å². The molecule has 2 heterocycles. The van der Waals surface area contributed by atoms with Crippen molar-refractivity contribution in [3.63, 3.8) is 0 Å². The van der Waals surface area contributed by atoms with Crippen molar-refractivity contribution in [1.82, 2.24) is 5.32 Å². The van der Waals surface area contributed by atoms with E-state index in [1.54, 1.807) is 6.92 Å². The second-order valence-corrected chi connectivity index (χ2v) is 6.84. The second kappa shape index (κ2) is 9.54.